The third kappa shape index (κ3) is 3.13. The van der Waals surface area contributed by atoms with Crippen LogP contribution in [0.3, 0.4) is 0 Å². The molecular formula is C14H22N2Si. The topological polar surface area (TPSA) is 38.0 Å². The van der Waals surface area contributed by atoms with Crippen molar-refractivity contribution in [2.24, 2.45) is 11.7 Å². The van der Waals surface area contributed by atoms with Crippen LogP contribution in [-0.2, 0) is 0 Å². The first-order chi connectivity index (χ1) is 8.08. The molecule has 1 aromatic rings. The van der Waals surface area contributed by atoms with Crippen molar-refractivity contribution in [1.29, 1.82) is 0 Å². The quantitative estimate of drug-likeness (QED) is 0.798. The minimum absolute atomic E-state index is 0.630. The summed E-state index contributed by atoms with van der Waals surface area (Å²) in [5, 5.41) is 4.76. The van der Waals surface area contributed by atoms with E-state index in [1.807, 2.05) is 0 Å². The lowest BCUT2D eigenvalue weighted by Gasteiger charge is -2.24. The van der Waals surface area contributed by atoms with E-state index in [4.69, 9.17) is 5.73 Å². The summed E-state index contributed by atoms with van der Waals surface area (Å²) in [5.41, 5.74) is 5.74. The highest BCUT2D eigenvalue weighted by molar-refractivity contribution is 6.89. The molecule has 1 aliphatic rings. The number of nitrogens with one attached hydrogen (secondary N) is 1. The predicted octanol–water partition coefficient (Wildman–Crippen LogP) is 2.01. The molecule has 0 aliphatic carbocycles. The molecule has 1 aromatic carbocycles. The Bertz CT molecular complexity index is 398. The highest BCUT2D eigenvalue weighted by Gasteiger charge is 2.25. The van der Waals surface area contributed by atoms with Crippen LogP contribution < -0.4 is 16.2 Å². The molecule has 0 fully saturated rings. The Labute approximate surface area is 105 Å². The highest BCUT2D eigenvalue weighted by Crippen LogP contribution is 2.20. The third-order valence-electron chi connectivity index (χ3n) is 3.68. The molecule has 0 unspecified atom stereocenters. The number of benzene rings is 1. The van der Waals surface area contributed by atoms with Crippen molar-refractivity contribution in [3.05, 3.63) is 42.2 Å². The standard InChI is InChI=1S/C14H22N2Si/c1-17(2,13-6-4-3-5-7-13)9-8-12-10-14(15)16-11-12/h3-7,10,12,16H,8-9,11,15H2,1-2H3/t12-/m0/s1. The average molecular weight is 246 g/mol. The minimum Gasteiger partial charge on any atom is -0.386 e. The molecule has 0 saturated carbocycles. The molecule has 2 nitrogen and oxygen atoms in total. The van der Waals surface area contributed by atoms with Crippen LogP contribution >= 0.6 is 0 Å². The molecule has 17 heavy (non-hydrogen) atoms. The summed E-state index contributed by atoms with van der Waals surface area (Å²) in [4.78, 5) is 0. The Morgan fingerprint density at radius 2 is 2.00 bits per heavy atom. The molecule has 3 heteroatoms. The number of rotatable bonds is 4. The molecule has 1 heterocycles. The Kier molecular flexibility index (Phi) is 3.57. The zero-order valence-corrected chi connectivity index (χ0v) is 11.7. The van der Waals surface area contributed by atoms with E-state index in [1.165, 1.54) is 12.5 Å². The highest BCUT2D eigenvalue weighted by atomic mass is 28.3. The second kappa shape index (κ2) is 4.96. The maximum absolute atomic E-state index is 5.74. The van der Waals surface area contributed by atoms with Crippen molar-refractivity contribution < 1.29 is 0 Å². The molecule has 0 radical (unpaired) electrons. The summed E-state index contributed by atoms with van der Waals surface area (Å²) in [6.45, 7) is 5.93. The van der Waals surface area contributed by atoms with Crippen LogP contribution in [0, 0.1) is 5.92 Å². The second-order valence-electron chi connectivity index (χ2n) is 5.55. The SMILES string of the molecule is C[Si](C)(CC[C@H]1C=C(N)NC1)c1ccccc1. The zero-order chi connectivity index (χ0) is 12.3. The minimum atomic E-state index is -1.27. The van der Waals surface area contributed by atoms with Crippen molar-refractivity contribution in [3.8, 4) is 0 Å². The van der Waals surface area contributed by atoms with Gasteiger partial charge in [-0.2, -0.15) is 0 Å². The van der Waals surface area contributed by atoms with Gasteiger partial charge in [0.05, 0.1) is 13.9 Å². The predicted molar refractivity (Wildman–Crippen MR) is 76.7 cm³/mol. The van der Waals surface area contributed by atoms with Crippen LogP contribution in [0.25, 0.3) is 0 Å². The second-order valence-corrected chi connectivity index (χ2v) is 10.4. The van der Waals surface area contributed by atoms with E-state index in [-0.39, 0.29) is 0 Å². The van der Waals surface area contributed by atoms with Crippen LogP contribution in [0.5, 0.6) is 0 Å². The van der Waals surface area contributed by atoms with Gasteiger partial charge in [0.1, 0.15) is 0 Å². The van der Waals surface area contributed by atoms with Gasteiger partial charge in [-0.25, -0.2) is 0 Å². The molecule has 0 spiro atoms. The van der Waals surface area contributed by atoms with Crippen molar-refractivity contribution in [2.45, 2.75) is 25.6 Å². The fraction of sp³-hybridized carbons (Fsp3) is 0.429. The lowest BCUT2D eigenvalue weighted by molar-refractivity contribution is 0.626. The normalized spacial score (nSPS) is 19.9. The van der Waals surface area contributed by atoms with Gasteiger partial charge in [-0.1, -0.05) is 54.7 Å². The van der Waals surface area contributed by atoms with Gasteiger partial charge in [-0.05, 0) is 18.4 Å². The monoisotopic (exact) mass is 246 g/mol. The maximum Gasteiger partial charge on any atom is 0.0922 e. The first-order valence-corrected chi connectivity index (χ1v) is 9.55. The van der Waals surface area contributed by atoms with Crippen LogP contribution in [0.1, 0.15) is 6.42 Å². The van der Waals surface area contributed by atoms with Crippen molar-refractivity contribution in [1.82, 2.24) is 5.32 Å². The van der Waals surface area contributed by atoms with Crippen molar-refractivity contribution in [2.75, 3.05) is 6.54 Å². The van der Waals surface area contributed by atoms with Gasteiger partial charge in [0.2, 0.25) is 0 Å². The van der Waals surface area contributed by atoms with Gasteiger partial charge in [0.25, 0.3) is 0 Å². The third-order valence-corrected chi connectivity index (χ3v) is 7.11. The van der Waals surface area contributed by atoms with E-state index in [1.54, 1.807) is 5.19 Å². The number of nitrogens with two attached hydrogens (primary N) is 1. The molecule has 0 amide bonds. The van der Waals surface area contributed by atoms with E-state index < -0.39 is 8.07 Å². The van der Waals surface area contributed by atoms with E-state index in [2.05, 4.69) is 54.8 Å². The average Bonchev–Trinajstić information content (AvgIpc) is 2.74. The molecular weight excluding hydrogens is 224 g/mol. The summed E-state index contributed by atoms with van der Waals surface area (Å²) in [6.07, 6.45) is 3.43. The molecule has 0 saturated heterocycles. The molecule has 1 aliphatic heterocycles. The molecule has 0 bridgehead atoms. The van der Waals surface area contributed by atoms with E-state index in [0.29, 0.717) is 5.92 Å². The number of hydrogen-bond acceptors (Lipinski definition) is 2. The van der Waals surface area contributed by atoms with E-state index in [9.17, 15) is 0 Å². The lowest BCUT2D eigenvalue weighted by Crippen LogP contribution is -2.41. The zero-order valence-electron chi connectivity index (χ0n) is 10.7. The molecule has 2 rings (SSSR count). The van der Waals surface area contributed by atoms with E-state index in [0.717, 1.165) is 12.4 Å². The summed E-state index contributed by atoms with van der Waals surface area (Å²) in [5.74, 6) is 1.49. The van der Waals surface area contributed by atoms with Gasteiger partial charge < -0.3 is 11.1 Å². The summed E-state index contributed by atoms with van der Waals surface area (Å²) >= 11 is 0. The summed E-state index contributed by atoms with van der Waals surface area (Å²) < 4.78 is 0. The van der Waals surface area contributed by atoms with Gasteiger partial charge in [0, 0.05) is 6.54 Å². The van der Waals surface area contributed by atoms with Crippen LogP contribution in [0.2, 0.25) is 19.1 Å². The first-order valence-electron chi connectivity index (χ1n) is 6.34. The Balaban J connectivity index is 1.94. The van der Waals surface area contributed by atoms with E-state index >= 15 is 0 Å². The number of hydrogen-bond donors (Lipinski definition) is 2. The Hall–Kier alpha value is -1.22. The fourth-order valence-electron chi connectivity index (χ4n) is 2.39. The molecule has 3 N–H and O–H groups in total. The molecule has 92 valence electrons. The largest absolute Gasteiger partial charge is 0.386 e. The van der Waals surface area contributed by atoms with Gasteiger partial charge in [0.15, 0.2) is 0 Å². The van der Waals surface area contributed by atoms with Crippen molar-refractivity contribution in [3.63, 3.8) is 0 Å². The molecule has 0 aromatic heterocycles. The Morgan fingerprint density at radius 3 is 2.59 bits per heavy atom. The maximum atomic E-state index is 5.74. The van der Waals surface area contributed by atoms with Gasteiger partial charge in [-0.15, -0.1) is 0 Å². The summed E-state index contributed by atoms with van der Waals surface area (Å²) in [7, 11) is -1.27. The Morgan fingerprint density at radius 1 is 1.29 bits per heavy atom. The molecule has 1 atom stereocenters. The summed E-state index contributed by atoms with van der Waals surface area (Å²) in [6, 6.07) is 12.3. The lowest BCUT2D eigenvalue weighted by atomic mass is 10.1. The van der Waals surface area contributed by atoms with Gasteiger partial charge >= 0.3 is 0 Å². The van der Waals surface area contributed by atoms with Crippen LogP contribution in [0.4, 0.5) is 0 Å². The smallest absolute Gasteiger partial charge is 0.0922 e. The fourth-order valence-corrected chi connectivity index (χ4v) is 4.86. The van der Waals surface area contributed by atoms with Gasteiger partial charge in [-0.3, -0.25) is 0 Å². The van der Waals surface area contributed by atoms with Crippen molar-refractivity contribution >= 4 is 13.3 Å². The van der Waals surface area contributed by atoms with Crippen LogP contribution in [-0.4, -0.2) is 14.6 Å². The van der Waals surface area contributed by atoms with Crippen LogP contribution in [0.15, 0.2) is 42.2 Å². The first kappa shape index (κ1) is 12.2.